The monoisotopic (exact) mass is 558 g/mol. The number of rotatable bonds is 9. The maximum Gasteiger partial charge on any atom is 0.306 e. The number of aromatic nitrogens is 1. The van der Waals surface area contributed by atoms with E-state index in [0.717, 1.165) is 72.3 Å². The lowest BCUT2D eigenvalue weighted by molar-refractivity contribution is -0.142. The zero-order chi connectivity index (χ0) is 28.7. The van der Waals surface area contributed by atoms with E-state index in [1.54, 1.807) is 13.2 Å². The van der Waals surface area contributed by atoms with Crippen LogP contribution < -0.4 is 9.47 Å². The summed E-state index contributed by atoms with van der Waals surface area (Å²) < 4.78 is 27.0. The van der Waals surface area contributed by atoms with Crippen molar-refractivity contribution in [2.24, 2.45) is 11.8 Å². The van der Waals surface area contributed by atoms with Gasteiger partial charge in [0.1, 0.15) is 17.7 Å². The Morgan fingerprint density at radius 2 is 1.98 bits per heavy atom. The molecule has 0 amide bonds. The molecule has 1 saturated carbocycles. The van der Waals surface area contributed by atoms with Gasteiger partial charge in [0, 0.05) is 24.2 Å². The Kier molecular flexibility index (Phi) is 7.73. The lowest BCUT2D eigenvalue weighted by Crippen LogP contribution is -2.26. The van der Waals surface area contributed by atoms with Crippen molar-refractivity contribution in [3.8, 4) is 22.8 Å². The Morgan fingerprint density at radius 1 is 1.15 bits per heavy atom. The summed E-state index contributed by atoms with van der Waals surface area (Å²) in [5.74, 6) is 0.111. The minimum Gasteiger partial charge on any atom is -0.485 e. The number of aliphatic carboxylic acids is 1. The zero-order valence-corrected chi connectivity index (χ0v) is 24.1. The number of ether oxygens (including phenoxy) is 2. The van der Waals surface area contributed by atoms with Crippen molar-refractivity contribution in [2.75, 3.05) is 13.7 Å². The number of hydrogen-bond donors (Lipinski definition) is 1. The van der Waals surface area contributed by atoms with Crippen LogP contribution in [0.2, 0.25) is 0 Å². The highest BCUT2D eigenvalue weighted by Gasteiger charge is 2.39. The average molecular weight is 559 g/mol. The Balaban J connectivity index is 1.32. The minimum absolute atomic E-state index is 0.00219. The molecular weight excluding hydrogens is 519 g/mol. The van der Waals surface area contributed by atoms with Gasteiger partial charge in [-0.05, 0) is 97.7 Å². The van der Waals surface area contributed by atoms with Crippen LogP contribution in [0.3, 0.4) is 0 Å². The SMILES string of the molecule is COc1cc(-c2ccc(C3CCc4ccc([C@H](C5CC5)[C@H](C)C(=O)O)cc4O3)cc2CN2CCCC2C)c(F)cn1. The Morgan fingerprint density at radius 3 is 2.68 bits per heavy atom. The number of halogens is 1. The third-order valence-corrected chi connectivity index (χ3v) is 9.37. The molecule has 1 saturated heterocycles. The van der Waals surface area contributed by atoms with Gasteiger partial charge in [-0.25, -0.2) is 9.37 Å². The van der Waals surface area contributed by atoms with Gasteiger partial charge in [-0.3, -0.25) is 9.69 Å². The van der Waals surface area contributed by atoms with Gasteiger partial charge < -0.3 is 14.6 Å². The summed E-state index contributed by atoms with van der Waals surface area (Å²) in [5, 5.41) is 9.75. The normalized spacial score (nSPS) is 22.0. The maximum absolute atomic E-state index is 15.1. The molecule has 1 aliphatic carbocycles. The summed E-state index contributed by atoms with van der Waals surface area (Å²) in [6, 6.07) is 14.7. The molecule has 2 fully saturated rings. The number of methoxy groups -OCH3 is 1. The molecule has 216 valence electrons. The summed E-state index contributed by atoms with van der Waals surface area (Å²) in [6.07, 6.45) is 7.33. The summed E-state index contributed by atoms with van der Waals surface area (Å²) in [4.78, 5) is 18.4. The number of likely N-dealkylation sites (tertiary alicyclic amines) is 1. The minimum atomic E-state index is -0.749. The molecule has 1 N–H and O–H groups in total. The first-order chi connectivity index (χ1) is 19.8. The average Bonchev–Trinajstić information content (AvgIpc) is 3.73. The fourth-order valence-corrected chi connectivity index (χ4v) is 6.80. The zero-order valence-electron chi connectivity index (χ0n) is 24.1. The molecule has 0 spiro atoms. The molecule has 2 unspecified atom stereocenters. The molecule has 7 heteroatoms. The van der Waals surface area contributed by atoms with Crippen molar-refractivity contribution in [1.29, 1.82) is 0 Å². The van der Waals surface area contributed by atoms with Crippen molar-refractivity contribution in [1.82, 2.24) is 9.88 Å². The molecular formula is C34H39FN2O4. The Labute approximate surface area is 241 Å². The van der Waals surface area contributed by atoms with Crippen LogP contribution >= 0.6 is 0 Å². The van der Waals surface area contributed by atoms with Crippen LogP contribution in [0.25, 0.3) is 11.1 Å². The molecule has 6 nitrogen and oxygen atoms in total. The van der Waals surface area contributed by atoms with E-state index in [2.05, 4.69) is 47.1 Å². The largest absolute Gasteiger partial charge is 0.485 e. The number of carbonyl (C=O) groups is 1. The molecule has 0 radical (unpaired) electrons. The molecule has 41 heavy (non-hydrogen) atoms. The Bertz CT molecular complexity index is 1440. The molecule has 0 bridgehead atoms. The number of aryl methyl sites for hydroxylation is 1. The maximum atomic E-state index is 15.1. The van der Waals surface area contributed by atoms with Gasteiger partial charge in [-0.2, -0.15) is 0 Å². The third kappa shape index (κ3) is 5.69. The second kappa shape index (κ2) is 11.4. The van der Waals surface area contributed by atoms with Crippen LogP contribution in [0.1, 0.15) is 80.2 Å². The van der Waals surface area contributed by atoms with Gasteiger partial charge in [0.25, 0.3) is 0 Å². The quantitative estimate of drug-likeness (QED) is 0.300. The van der Waals surface area contributed by atoms with Gasteiger partial charge in [-0.15, -0.1) is 0 Å². The fraction of sp³-hybridized carbons (Fsp3) is 0.471. The number of hydrogen-bond acceptors (Lipinski definition) is 5. The number of carboxylic acid groups (broad SMARTS) is 1. The number of nitrogens with zero attached hydrogens (tertiary/aromatic N) is 2. The van der Waals surface area contributed by atoms with Crippen LogP contribution in [0.5, 0.6) is 11.6 Å². The summed E-state index contributed by atoms with van der Waals surface area (Å²) >= 11 is 0. The topological polar surface area (TPSA) is 71.9 Å². The van der Waals surface area contributed by atoms with Gasteiger partial charge in [0.2, 0.25) is 5.88 Å². The first-order valence-electron chi connectivity index (χ1n) is 14.9. The van der Waals surface area contributed by atoms with Gasteiger partial charge in [-0.1, -0.05) is 37.3 Å². The van der Waals surface area contributed by atoms with Crippen molar-refractivity contribution in [3.05, 3.63) is 76.7 Å². The predicted octanol–water partition coefficient (Wildman–Crippen LogP) is 7.16. The van der Waals surface area contributed by atoms with Gasteiger partial charge in [0.05, 0.1) is 19.2 Å². The highest BCUT2D eigenvalue weighted by atomic mass is 19.1. The molecule has 3 aliphatic rings. The number of carboxylic acids is 1. The van der Waals surface area contributed by atoms with Crippen LogP contribution in [-0.4, -0.2) is 40.7 Å². The molecule has 2 aliphatic heterocycles. The van der Waals surface area contributed by atoms with Crippen molar-refractivity contribution in [2.45, 2.75) is 77.0 Å². The van der Waals surface area contributed by atoms with E-state index < -0.39 is 11.9 Å². The lowest BCUT2D eigenvalue weighted by atomic mass is 9.82. The smallest absolute Gasteiger partial charge is 0.306 e. The van der Waals surface area contributed by atoms with E-state index in [1.165, 1.54) is 19.0 Å². The van der Waals surface area contributed by atoms with Crippen LogP contribution in [0.15, 0.2) is 48.7 Å². The first kappa shape index (κ1) is 27.7. The second-order valence-electron chi connectivity index (χ2n) is 12.1. The van der Waals surface area contributed by atoms with Crippen LogP contribution in [0.4, 0.5) is 4.39 Å². The molecule has 6 rings (SSSR count). The second-order valence-corrected chi connectivity index (χ2v) is 12.1. The molecule has 4 atom stereocenters. The van der Waals surface area contributed by atoms with Crippen molar-refractivity contribution < 1.29 is 23.8 Å². The van der Waals surface area contributed by atoms with Crippen LogP contribution in [0, 0.1) is 17.7 Å². The van der Waals surface area contributed by atoms with E-state index in [-0.39, 0.29) is 17.8 Å². The summed E-state index contributed by atoms with van der Waals surface area (Å²) in [5.41, 5.74) is 5.70. The first-order valence-corrected chi connectivity index (χ1v) is 14.9. The van der Waals surface area contributed by atoms with Crippen molar-refractivity contribution in [3.63, 3.8) is 0 Å². The van der Waals surface area contributed by atoms with E-state index >= 15 is 4.39 Å². The standard InChI is InChI=1S/C34H39FN2O4/c1-20-5-4-14-37(20)19-26-15-24(10-12-27(26)28-17-32(40-3)36-18-29(28)35)30-13-11-22-6-9-25(16-31(22)41-30)33(23-7-8-23)21(2)34(38)39/h6,9-10,12,15-18,20-21,23,30,33H,4-5,7-8,11,13-14,19H2,1-3H3,(H,38,39)/t20?,21-,30?,33-/m0/s1. The van der Waals surface area contributed by atoms with E-state index in [0.29, 0.717) is 23.4 Å². The van der Waals surface area contributed by atoms with Gasteiger partial charge in [0.15, 0.2) is 0 Å². The van der Waals surface area contributed by atoms with Crippen molar-refractivity contribution >= 4 is 5.97 Å². The van der Waals surface area contributed by atoms with Crippen LogP contribution in [-0.2, 0) is 17.8 Å². The molecule has 2 aromatic carbocycles. The lowest BCUT2D eigenvalue weighted by Gasteiger charge is -2.30. The van der Waals surface area contributed by atoms with Gasteiger partial charge >= 0.3 is 5.97 Å². The van der Waals surface area contributed by atoms with E-state index in [4.69, 9.17) is 9.47 Å². The molecule has 3 heterocycles. The predicted molar refractivity (Wildman–Crippen MR) is 156 cm³/mol. The molecule has 1 aromatic heterocycles. The summed E-state index contributed by atoms with van der Waals surface area (Å²) in [6.45, 7) is 5.84. The summed E-state index contributed by atoms with van der Waals surface area (Å²) in [7, 11) is 1.54. The third-order valence-electron chi connectivity index (χ3n) is 9.37. The van der Waals surface area contributed by atoms with E-state index in [9.17, 15) is 9.90 Å². The number of pyridine rings is 1. The Hall–Kier alpha value is -3.45. The highest BCUT2D eigenvalue weighted by molar-refractivity contribution is 5.71. The highest BCUT2D eigenvalue weighted by Crippen LogP contribution is 2.48. The fourth-order valence-electron chi connectivity index (χ4n) is 6.80. The number of benzene rings is 2. The molecule has 3 aromatic rings. The van der Waals surface area contributed by atoms with E-state index in [1.807, 2.05) is 13.0 Å². The number of fused-ring (bicyclic) bond motifs is 1.